The summed E-state index contributed by atoms with van der Waals surface area (Å²) in [4.78, 5) is 10.1. The summed E-state index contributed by atoms with van der Waals surface area (Å²) in [6.45, 7) is 17.7. The molecule has 0 radical (unpaired) electrons. The van der Waals surface area contributed by atoms with E-state index >= 15 is 0 Å². The second-order valence-corrected chi connectivity index (χ2v) is 33.1. The first kappa shape index (κ1) is 96.8. The summed E-state index contributed by atoms with van der Waals surface area (Å²) >= 11 is 0. The first-order valence-electron chi connectivity index (χ1n) is 48.0. The Hall–Kier alpha value is -5.76. The molecular weight excluding hydrogens is 1370 g/mol. The lowest BCUT2D eigenvalue weighted by Crippen LogP contribution is -2.07. The van der Waals surface area contributed by atoms with Crippen molar-refractivity contribution in [3.8, 4) is 56.8 Å². The number of hydrogen-bond acceptors (Lipinski definition) is 8. The van der Waals surface area contributed by atoms with Gasteiger partial charge in [-0.3, -0.25) is 9.98 Å². The summed E-state index contributed by atoms with van der Waals surface area (Å²) in [7, 11) is 0. The fraction of sp³-hybridized carbons (Fsp3) is 0.692. The molecule has 112 heavy (non-hydrogen) atoms. The molecule has 0 N–H and O–H groups in total. The fourth-order valence-corrected chi connectivity index (χ4v) is 15.3. The zero-order valence-corrected chi connectivity index (χ0v) is 73.4. The molecule has 5 aromatic rings. The molecule has 0 aliphatic heterocycles. The topological polar surface area (TPSA) is 80.1 Å². The second-order valence-electron chi connectivity index (χ2n) is 33.1. The van der Waals surface area contributed by atoms with Gasteiger partial charge < -0.3 is 28.4 Å². The molecule has 0 heterocycles. The van der Waals surface area contributed by atoms with Gasteiger partial charge in [0.05, 0.1) is 51.0 Å². The van der Waals surface area contributed by atoms with E-state index in [1.807, 2.05) is 12.4 Å². The minimum Gasteiger partial charge on any atom is -0.490 e. The van der Waals surface area contributed by atoms with Gasteiger partial charge >= 0.3 is 0 Å². The van der Waals surface area contributed by atoms with Crippen LogP contribution in [0.4, 0.5) is 11.4 Å². The summed E-state index contributed by atoms with van der Waals surface area (Å²) in [5, 5.41) is 0. The highest BCUT2D eigenvalue weighted by molar-refractivity contribution is 5.86. The Bertz CT molecular complexity index is 2710. The number of unbranched alkanes of at least 4 members (excludes halogenated alkanes) is 54. The minimum atomic E-state index is 0.659. The van der Waals surface area contributed by atoms with E-state index in [2.05, 4.69) is 139 Å². The van der Waals surface area contributed by atoms with E-state index in [-0.39, 0.29) is 0 Å². The molecule has 0 saturated carbocycles. The van der Waals surface area contributed by atoms with Gasteiger partial charge in [-0.1, -0.05) is 437 Å². The molecule has 0 spiro atoms. The molecule has 0 aliphatic carbocycles. The Morgan fingerprint density at radius 3 is 0.518 bits per heavy atom. The highest BCUT2D eigenvalue weighted by atomic mass is 16.5. The van der Waals surface area contributed by atoms with E-state index in [4.69, 9.17) is 38.4 Å². The molecule has 0 saturated heterocycles. The maximum Gasteiger partial charge on any atom is 0.203 e. The summed E-state index contributed by atoms with van der Waals surface area (Å²) in [6.07, 6.45) is 81.4. The highest BCUT2D eigenvalue weighted by Gasteiger charge is 2.19. The van der Waals surface area contributed by atoms with Crippen LogP contribution in [-0.2, 0) is 0 Å². The van der Waals surface area contributed by atoms with Crippen LogP contribution in [0.3, 0.4) is 0 Å². The number of aliphatic imine (C=N–C) groups is 2. The van der Waals surface area contributed by atoms with Gasteiger partial charge in [-0.25, -0.2) is 0 Å². The van der Waals surface area contributed by atoms with Crippen molar-refractivity contribution in [1.29, 1.82) is 0 Å². The molecule has 5 aromatic carbocycles. The van der Waals surface area contributed by atoms with Crippen molar-refractivity contribution < 1.29 is 28.4 Å². The zero-order valence-electron chi connectivity index (χ0n) is 73.4. The van der Waals surface area contributed by atoms with Crippen molar-refractivity contribution in [2.75, 3.05) is 39.6 Å². The number of benzene rings is 5. The van der Waals surface area contributed by atoms with Crippen molar-refractivity contribution in [3.05, 3.63) is 108 Å². The molecule has 8 heteroatoms. The first-order chi connectivity index (χ1) is 55.5. The summed E-state index contributed by atoms with van der Waals surface area (Å²) in [6, 6.07) is 34.6. The molecule has 5 rings (SSSR count). The van der Waals surface area contributed by atoms with Crippen LogP contribution >= 0.6 is 0 Å². The second kappa shape index (κ2) is 69.5. The minimum absolute atomic E-state index is 0.659. The lowest BCUT2D eigenvalue weighted by Gasteiger charge is -2.18. The van der Waals surface area contributed by atoms with Crippen molar-refractivity contribution in [1.82, 2.24) is 0 Å². The van der Waals surface area contributed by atoms with Crippen LogP contribution in [0.15, 0.2) is 107 Å². The van der Waals surface area contributed by atoms with E-state index in [0.717, 1.165) is 118 Å². The zero-order chi connectivity index (χ0) is 79.1. The SMILES string of the molecule is CCCCCCCCCCCCOc1cc(C=Nc2ccc(-c3ccc(-c4ccc(N=Cc5cc(OCCCCCCCCCCCC)c(OCCCCCCCCCCCC)c(OCCCCCCCCCCCC)c5)cc4)cc3)cc2)cc(OCCCCCCCCCCCC)c1OCCCCCCCCCCCC. The predicted molar refractivity (Wildman–Crippen MR) is 489 cm³/mol. The van der Waals surface area contributed by atoms with Crippen LogP contribution in [0.1, 0.15) is 438 Å². The molecule has 0 unspecified atom stereocenters. The van der Waals surface area contributed by atoms with Crippen molar-refractivity contribution in [2.45, 2.75) is 427 Å². The van der Waals surface area contributed by atoms with E-state index in [0.29, 0.717) is 39.6 Å². The smallest absolute Gasteiger partial charge is 0.203 e. The van der Waals surface area contributed by atoms with Gasteiger partial charge in [0.25, 0.3) is 0 Å². The summed E-state index contributed by atoms with van der Waals surface area (Å²) in [5.41, 5.74) is 8.33. The Balaban J connectivity index is 1.28. The lowest BCUT2D eigenvalue weighted by atomic mass is 10.00. The summed E-state index contributed by atoms with van der Waals surface area (Å²) in [5.74, 6) is 4.60. The summed E-state index contributed by atoms with van der Waals surface area (Å²) < 4.78 is 40.5. The molecular formula is C104H168N2O6. The van der Waals surface area contributed by atoms with Gasteiger partial charge in [0.15, 0.2) is 23.0 Å². The fourth-order valence-electron chi connectivity index (χ4n) is 15.3. The van der Waals surface area contributed by atoms with Crippen LogP contribution in [0.25, 0.3) is 22.3 Å². The molecule has 0 aromatic heterocycles. The first-order valence-corrected chi connectivity index (χ1v) is 48.0. The molecule has 0 amide bonds. The Morgan fingerprint density at radius 2 is 0.339 bits per heavy atom. The molecule has 0 atom stereocenters. The van der Waals surface area contributed by atoms with Crippen molar-refractivity contribution in [2.24, 2.45) is 9.98 Å². The van der Waals surface area contributed by atoms with Gasteiger partial charge in [-0.2, -0.15) is 0 Å². The third-order valence-electron chi connectivity index (χ3n) is 22.6. The van der Waals surface area contributed by atoms with Crippen molar-refractivity contribution >= 4 is 23.8 Å². The molecule has 8 nitrogen and oxygen atoms in total. The standard InChI is InChI=1S/C104H168N2O6/c1-7-13-19-25-31-37-43-49-55-61-79-107-99-85-91(86-100(108-80-62-56-50-44-38-32-26-20-14-8-2)103(99)111-83-65-59-53-47-41-35-29-23-17-11-5)89-105-97-75-71-95(72-76-97)93-67-69-94(70-68-93)96-73-77-98(78-74-96)106-90-92-87-101(109-81-63-57-51-45-39-33-27-21-15-9-3)104(112-84-66-60-54-48-42-36-30-24-18-12-6)102(88-92)110-82-64-58-52-46-40-34-28-22-16-10-4/h67-78,85-90H,7-66,79-84H2,1-6H3. The van der Waals surface area contributed by atoms with Gasteiger partial charge in [0.1, 0.15) is 0 Å². The average Bonchev–Trinajstić information content (AvgIpc) is 0.855. The lowest BCUT2D eigenvalue weighted by molar-refractivity contribution is 0.234. The molecule has 0 fully saturated rings. The number of hydrogen-bond donors (Lipinski definition) is 0. The highest BCUT2D eigenvalue weighted by Crippen LogP contribution is 2.42. The number of ether oxygens (including phenoxy) is 6. The Kier molecular flexibility index (Phi) is 60.1. The van der Waals surface area contributed by atoms with E-state index in [1.54, 1.807) is 0 Å². The average molecular weight is 1540 g/mol. The van der Waals surface area contributed by atoms with Gasteiger partial charge in [0.2, 0.25) is 11.5 Å². The Morgan fingerprint density at radius 1 is 0.188 bits per heavy atom. The predicted octanol–water partition coefficient (Wildman–Crippen LogP) is 34.3. The van der Waals surface area contributed by atoms with Gasteiger partial charge in [0, 0.05) is 23.6 Å². The quantitative estimate of drug-likeness (QED) is 0.0285. The van der Waals surface area contributed by atoms with Crippen LogP contribution in [0, 0.1) is 0 Å². The monoisotopic (exact) mass is 1540 g/mol. The molecule has 0 bridgehead atoms. The normalized spacial score (nSPS) is 11.6. The maximum atomic E-state index is 6.75. The van der Waals surface area contributed by atoms with Crippen LogP contribution in [0.5, 0.6) is 34.5 Å². The van der Waals surface area contributed by atoms with Crippen LogP contribution in [-0.4, -0.2) is 52.1 Å². The largest absolute Gasteiger partial charge is 0.490 e. The van der Waals surface area contributed by atoms with E-state index < -0.39 is 0 Å². The molecule has 630 valence electrons. The third-order valence-corrected chi connectivity index (χ3v) is 22.6. The van der Waals surface area contributed by atoms with Gasteiger partial charge in [-0.05, 0) is 109 Å². The van der Waals surface area contributed by atoms with Crippen LogP contribution < -0.4 is 28.4 Å². The van der Waals surface area contributed by atoms with Gasteiger partial charge in [-0.15, -0.1) is 0 Å². The van der Waals surface area contributed by atoms with Crippen LogP contribution in [0.2, 0.25) is 0 Å². The van der Waals surface area contributed by atoms with Crippen molar-refractivity contribution in [3.63, 3.8) is 0 Å². The number of nitrogens with zero attached hydrogens (tertiary/aromatic N) is 2. The third kappa shape index (κ3) is 47.9. The molecule has 0 aliphatic rings. The number of rotatable bonds is 78. The van der Waals surface area contributed by atoms with E-state index in [1.165, 1.54) is 347 Å². The van der Waals surface area contributed by atoms with E-state index in [9.17, 15) is 0 Å². The Labute approximate surface area is 689 Å². The maximum absolute atomic E-state index is 6.75.